The zero-order valence-electron chi connectivity index (χ0n) is 17.8. The third-order valence-corrected chi connectivity index (χ3v) is 6.99. The number of carbonyl (C=O) groups is 2. The van der Waals surface area contributed by atoms with E-state index in [1.807, 2.05) is 26.0 Å². The first kappa shape index (κ1) is 22.9. The van der Waals surface area contributed by atoms with Crippen molar-refractivity contribution in [2.75, 3.05) is 12.9 Å². The number of nitrogens with zero attached hydrogens (tertiary/aromatic N) is 2. The van der Waals surface area contributed by atoms with E-state index in [1.54, 1.807) is 23.6 Å². The summed E-state index contributed by atoms with van der Waals surface area (Å²) in [5, 5.41) is 0. The fraction of sp³-hybridized carbons (Fsp3) is 0.318. The average molecular weight is 461 g/mol. The minimum Gasteiger partial charge on any atom is -0.465 e. The highest BCUT2D eigenvalue weighted by atomic mass is 32.2. The Balaban J connectivity index is 1.97. The van der Waals surface area contributed by atoms with Crippen LogP contribution in [0.2, 0.25) is 0 Å². The summed E-state index contributed by atoms with van der Waals surface area (Å²) in [6, 6.07) is 10.2. The van der Waals surface area contributed by atoms with Crippen LogP contribution < -0.4 is 4.80 Å². The quantitative estimate of drug-likeness (QED) is 0.527. The molecule has 0 aliphatic carbocycles. The van der Waals surface area contributed by atoms with Crippen molar-refractivity contribution in [1.29, 1.82) is 0 Å². The van der Waals surface area contributed by atoms with Crippen LogP contribution in [-0.2, 0) is 37.1 Å². The molecule has 0 N–H and O–H groups in total. The Morgan fingerprint density at radius 2 is 1.74 bits per heavy atom. The van der Waals surface area contributed by atoms with E-state index in [0.29, 0.717) is 10.4 Å². The maximum atomic E-state index is 12.6. The Hall–Kier alpha value is -2.78. The molecule has 0 unspecified atom stereocenters. The summed E-state index contributed by atoms with van der Waals surface area (Å²) in [4.78, 5) is 29.6. The minimum absolute atomic E-state index is 0.0236. The van der Waals surface area contributed by atoms with Gasteiger partial charge in [-0.15, -0.1) is 0 Å². The summed E-state index contributed by atoms with van der Waals surface area (Å²) in [6.45, 7) is 5.97. The molecule has 9 heteroatoms. The zero-order chi connectivity index (χ0) is 22.8. The maximum Gasteiger partial charge on any atom is 0.326 e. The fourth-order valence-corrected chi connectivity index (χ4v) is 4.83. The normalized spacial score (nSPS) is 12.3. The highest BCUT2D eigenvalue weighted by Crippen LogP contribution is 2.22. The lowest BCUT2D eigenvalue weighted by Crippen LogP contribution is -2.23. The molecule has 0 radical (unpaired) electrons. The minimum atomic E-state index is -3.29. The number of rotatable bonds is 6. The third kappa shape index (κ3) is 5.48. The molecule has 7 nitrogen and oxygen atoms in total. The lowest BCUT2D eigenvalue weighted by molar-refractivity contribution is -0.143. The Morgan fingerprint density at radius 3 is 2.35 bits per heavy atom. The number of thiazole rings is 1. The number of aromatic nitrogens is 1. The second kappa shape index (κ2) is 9.15. The predicted molar refractivity (Wildman–Crippen MR) is 120 cm³/mol. The fourth-order valence-electron chi connectivity index (χ4n) is 3.07. The van der Waals surface area contributed by atoms with Crippen molar-refractivity contribution in [3.8, 4) is 0 Å². The summed E-state index contributed by atoms with van der Waals surface area (Å²) >= 11 is 1.34. The van der Waals surface area contributed by atoms with Gasteiger partial charge in [0, 0.05) is 6.26 Å². The van der Waals surface area contributed by atoms with Gasteiger partial charge in [0.1, 0.15) is 6.54 Å². The lowest BCUT2D eigenvalue weighted by atomic mass is 10.1. The van der Waals surface area contributed by atoms with E-state index in [9.17, 15) is 18.0 Å². The van der Waals surface area contributed by atoms with Crippen LogP contribution in [0.3, 0.4) is 0 Å². The second-order valence-electron chi connectivity index (χ2n) is 7.28. The van der Waals surface area contributed by atoms with E-state index in [0.717, 1.165) is 27.6 Å². The van der Waals surface area contributed by atoms with Gasteiger partial charge >= 0.3 is 5.97 Å². The van der Waals surface area contributed by atoms with Gasteiger partial charge in [0.25, 0.3) is 5.91 Å². The van der Waals surface area contributed by atoms with Crippen molar-refractivity contribution in [3.63, 3.8) is 0 Å². The summed E-state index contributed by atoms with van der Waals surface area (Å²) in [6.07, 6.45) is 1.16. The van der Waals surface area contributed by atoms with Gasteiger partial charge in [0.2, 0.25) is 0 Å². The van der Waals surface area contributed by atoms with Crippen LogP contribution in [0.4, 0.5) is 0 Å². The summed E-state index contributed by atoms with van der Waals surface area (Å²) < 4.78 is 30.9. The number of carbonyl (C=O) groups excluding carboxylic acids is 2. The van der Waals surface area contributed by atoms with Crippen LogP contribution >= 0.6 is 11.3 Å². The van der Waals surface area contributed by atoms with Crippen LogP contribution in [0.15, 0.2) is 46.3 Å². The van der Waals surface area contributed by atoms with E-state index >= 15 is 0 Å². The second-order valence-corrected chi connectivity index (χ2v) is 10.3. The van der Waals surface area contributed by atoms with Gasteiger partial charge in [0.15, 0.2) is 14.6 Å². The standard InChI is InChI=1S/C22H24N2O5S2/c1-5-29-21(26)13-24-18-10-14(2)15(3)11-19(18)30-22(24)23-20(25)12-16-6-8-17(9-7-16)31(4,27)28/h6-11H,5,12-13H2,1-4H3. The third-order valence-electron chi connectivity index (χ3n) is 4.82. The molecule has 3 aromatic rings. The van der Waals surface area contributed by atoms with Crippen LogP contribution in [0.1, 0.15) is 23.6 Å². The molecule has 164 valence electrons. The van der Waals surface area contributed by atoms with E-state index in [2.05, 4.69) is 4.99 Å². The molecule has 0 aliphatic heterocycles. The summed E-state index contributed by atoms with van der Waals surface area (Å²) in [7, 11) is -3.29. The van der Waals surface area contributed by atoms with Gasteiger partial charge in [-0.05, 0) is 61.7 Å². The van der Waals surface area contributed by atoms with Crippen molar-refractivity contribution in [3.05, 3.63) is 57.9 Å². The van der Waals surface area contributed by atoms with Crippen molar-refractivity contribution >= 4 is 43.3 Å². The maximum absolute atomic E-state index is 12.6. The number of aryl methyl sites for hydroxylation is 2. The molecule has 0 saturated carbocycles. The number of ether oxygens (including phenoxy) is 1. The zero-order valence-corrected chi connectivity index (χ0v) is 19.5. The molecule has 3 rings (SSSR count). The molecular formula is C22H24N2O5S2. The van der Waals surface area contributed by atoms with E-state index < -0.39 is 15.8 Å². The first-order valence-electron chi connectivity index (χ1n) is 9.71. The van der Waals surface area contributed by atoms with Crippen LogP contribution in [0.25, 0.3) is 10.2 Å². The lowest BCUT2D eigenvalue weighted by Gasteiger charge is -2.06. The van der Waals surface area contributed by atoms with Crippen molar-refractivity contribution < 1.29 is 22.7 Å². The molecule has 31 heavy (non-hydrogen) atoms. The SMILES string of the molecule is CCOC(=O)Cn1c(=NC(=O)Cc2ccc(S(C)(=O)=O)cc2)sc2cc(C)c(C)cc21. The highest BCUT2D eigenvalue weighted by Gasteiger charge is 2.14. The van der Waals surface area contributed by atoms with Gasteiger partial charge in [-0.1, -0.05) is 23.5 Å². The van der Waals surface area contributed by atoms with Crippen LogP contribution in [0, 0.1) is 13.8 Å². The number of esters is 1. The van der Waals surface area contributed by atoms with Crippen LogP contribution in [-0.4, -0.2) is 37.7 Å². The first-order chi connectivity index (χ1) is 14.6. The first-order valence-corrected chi connectivity index (χ1v) is 12.4. The summed E-state index contributed by atoms with van der Waals surface area (Å²) in [5.74, 6) is -0.782. The monoisotopic (exact) mass is 460 g/mol. The number of sulfone groups is 1. The molecule has 0 spiro atoms. The van der Waals surface area contributed by atoms with Crippen molar-refractivity contribution in [1.82, 2.24) is 4.57 Å². The molecule has 0 fully saturated rings. The van der Waals surface area contributed by atoms with E-state index in [1.165, 1.54) is 23.5 Å². The number of hydrogen-bond acceptors (Lipinski definition) is 6. The van der Waals surface area contributed by atoms with Crippen molar-refractivity contribution in [2.24, 2.45) is 4.99 Å². The average Bonchev–Trinajstić information content (AvgIpc) is 2.98. The Kier molecular flexibility index (Phi) is 6.76. The van der Waals surface area contributed by atoms with Gasteiger partial charge in [-0.2, -0.15) is 4.99 Å². The molecule has 0 bridgehead atoms. The molecule has 1 amide bonds. The molecule has 1 heterocycles. The topological polar surface area (TPSA) is 94.8 Å². The number of benzene rings is 2. The molecular weight excluding hydrogens is 436 g/mol. The van der Waals surface area contributed by atoms with Gasteiger partial charge in [0.05, 0.1) is 28.1 Å². The predicted octanol–water partition coefficient (Wildman–Crippen LogP) is 2.96. The Labute approximate surface area is 184 Å². The van der Waals surface area contributed by atoms with Crippen LogP contribution in [0.5, 0.6) is 0 Å². The van der Waals surface area contributed by atoms with Gasteiger partial charge in [-0.25, -0.2) is 8.42 Å². The Bertz CT molecular complexity index is 1320. The largest absolute Gasteiger partial charge is 0.465 e. The molecule has 1 aromatic heterocycles. The van der Waals surface area contributed by atoms with Crippen molar-refractivity contribution in [2.45, 2.75) is 38.6 Å². The number of hydrogen-bond donors (Lipinski definition) is 0. The molecule has 0 atom stereocenters. The van der Waals surface area contributed by atoms with Gasteiger partial charge < -0.3 is 9.30 Å². The number of fused-ring (bicyclic) bond motifs is 1. The van der Waals surface area contributed by atoms with E-state index in [-0.39, 0.29) is 30.4 Å². The molecule has 2 aromatic carbocycles. The smallest absolute Gasteiger partial charge is 0.326 e. The number of amides is 1. The molecule has 0 saturated heterocycles. The summed E-state index contributed by atoms with van der Waals surface area (Å²) in [5.41, 5.74) is 3.67. The molecule has 0 aliphatic rings. The highest BCUT2D eigenvalue weighted by molar-refractivity contribution is 7.90. The Morgan fingerprint density at radius 1 is 1.10 bits per heavy atom. The van der Waals surface area contributed by atoms with E-state index in [4.69, 9.17) is 4.74 Å². The van der Waals surface area contributed by atoms with Gasteiger partial charge in [-0.3, -0.25) is 9.59 Å².